The van der Waals surface area contributed by atoms with Gasteiger partial charge in [-0.1, -0.05) is 25.1 Å². The third-order valence-corrected chi connectivity index (χ3v) is 2.53. The van der Waals surface area contributed by atoms with Crippen molar-refractivity contribution in [3.63, 3.8) is 0 Å². The third-order valence-electron chi connectivity index (χ3n) is 2.53. The summed E-state index contributed by atoms with van der Waals surface area (Å²) < 4.78 is 5.41. The fourth-order valence-electron chi connectivity index (χ4n) is 1.79. The van der Waals surface area contributed by atoms with E-state index in [9.17, 15) is 4.79 Å². The van der Waals surface area contributed by atoms with Crippen LogP contribution in [0.2, 0.25) is 0 Å². The SMILES string of the molecule is C[C@@H]1Cc2ccccc2OC1C(=O)O. The lowest BCUT2D eigenvalue weighted by molar-refractivity contribution is -0.148. The van der Waals surface area contributed by atoms with E-state index in [1.807, 2.05) is 31.2 Å². The minimum atomic E-state index is -0.882. The lowest BCUT2D eigenvalue weighted by atomic mass is 9.92. The lowest BCUT2D eigenvalue weighted by Gasteiger charge is -2.28. The van der Waals surface area contributed by atoms with Gasteiger partial charge in [-0.2, -0.15) is 0 Å². The molecule has 1 aliphatic heterocycles. The molecule has 0 saturated heterocycles. The predicted molar refractivity (Wildman–Crippen MR) is 51.4 cm³/mol. The number of para-hydroxylation sites is 1. The Hall–Kier alpha value is -1.51. The molecule has 0 spiro atoms. The minimum absolute atomic E-state index is 0.0300. The van der Waals surface area contributed by atoms with Crippen LogP contribution in [0, 0.1) is 5.92 Å². The van der Waals surface area contributed by atoms with Gasteiger partial charge in [0.25, 0.3) is 0 Å². The van der Waals surface area contributed by atoms with E-state index in [0.29, 0.717) is 5.75 Å². The normalized spacial score (nSPS) is 24.9. The number of carboxylic acid groups (broad SMARTS) is 1. The largest absolute Gasteiger partial charge is 0.478 e. The molecule has 2 rings (SSSR count). The molecule has 14 heavy (non-hydrogen) atoms. The smallest absolute Gasteiger partial charge is 0.345 e. The van der Waals surface area contributed by atoms with Crippen LogP contribution in [0.25, 0.3) is 0 Å². The molecule has 1 unspecified atom stereocenters. The Bertz CT molecular complexity index is 359. The van der Waals surface area contributed by atoms with Crippen LogP contribution in [0.15, 0.2) is 24.3 Å². The zero-order valence-corrected chi connectivity index (χ0v) is 7.93. The molecule has 1 aromatic carbocycles. The summed E-state index contributed by atoms with van der Waals surface area (Å²) >= 11 is 0. The molecular weight excluding hydrogens is 180 g/mol. The van der Waals surface area contributed by atoms with Crippen LogP contribution in [-0.4, -0.2) is 17.2 Å². The van der Waals surface area contributed by atoms with Gasteiger partial charge in [0.05, 0.1) is 0 Å². The lowest BCUT2D eigenvalue weighted by Crippen LogP contribution is -2.37. The number of carboxylic acids is 1. The Balaban J connectivity index is 2.31. The molecule has 0 bridgehead atoms. The van der Waals surface area contributed by atoms with Gasteiger partial charge in [0.1, 0.15) is 5.75 Å². The second-order valence-electron chi connectivity index (χ2n) is 3.67. The van der Waals surface area contributed by atoms with Crippen LogP contribution in [0.1, 0.15) is 12.5 Å². The zero-order chi connectivity index (χ0) is 10.1. The minimum Gasteiger partial charge on any atom is -0.478 e. The van der Waals surface area contributed by atoms with Crippen molar-refractivity contribution in [1.82, 2.24) is 0 Å². The highest BCUT2D eigenvalue weighted by atomic mass is 16.5. The van der Waals surface area contributed by atoms with Crippen molar-refractivity contribution < 1.29 is 14.6 Å². The highest BCUT2D eigenvalue weighted by molar-refractivity contribution is 5.73. The van der Waals surface area contributed by atoms with Crippen LogP contribution >= 0.6 is 0 Å². The molecule has 0 aliphatic carbocycles. The Morgan fingerprint density at radius 2 is 2.21 bits per heavy atom. The summed E-state index contributed by atoms with van der Waals surface area (Å²) in [7, 11) is 0. The molecule has 3 nitrogen and oxygen atoms in total. The van der Waals surface area contributed by atoms with E-state index in [2.05, 4.69) is 0 Å². The molecule has 1 aromatic rings. The number of fused-ring (bicyclic) bond motifs is 1. The second-order valence-corrected chi connectivity index (χ2v) is 3.67. The molecule has 0 fully saturated rings. The Kier molecular flexibility index (Phi) is 2.15. The van der Waals surface area contributed by atoms with Gasteiger partial charge in [0.2, 0.25) is 0 Å². The Morgan fingerprint density at radius 3 is 2.93 bits per heavy atom. The van der Waals surface area contributed by atoms with Gasteiger partial charge in [-0.3, -0.25) is 0 Å². The highest BCUT2D eigenvalue weighted by Gasteiger charge is 2.31. The second kappa shape index (κ2) is 3.33. The fraction of sp³-hybridized carbons (Fsp3) is 0.364. The van der Waals surface area contributed by atoms with Crippen molar-refractivity contribution in [3.8, 4) is 5.75 Å². The number of hydrogen-bond donors (Lipinski definition) is 1. The topological polar surface area (TPSA) is 46.5 Å². The van der Waals surface area contributed by atoms with Crippen LogP contribution in [-0.2, 0) is 11.2 Å². The van der Waals surface area contributed by atoms with Gasteiger partial charge in [0, 0.05) is 5.92 Å². The molecule has 0 radical (unpaired) electrons. The van der Waals surface area contributed by atoms with Crippen molar-refractivity contribution in [1.29, 1.82) is 0 Å². The number of rotatable bonds is 1. The van der Waals surface area contributed by atoms with Gasteiger partial charge >= 0.3 is 5.97 Å². The van der Waals surface area contributed by atoms with E-state index >= 15 is 0 Å². The first-order valence-corrected chi connectivity index (χ1v) is 4.66. The summed E-state index contributed by atoms with van der Waals surface area (Å²) in [5, 5.41) is 8.91. The number of aliphatic carboxylic acids is 1. The van der Waals surface area contributed by atoms with Gasteiger partial charge in [-0.15, -0.1) is 0 Å². The monoisotopic (exact) mass is 192 g/mol. The Morgan fingerprint density at radius 1 is 1.50 bits per heavy atom. The van der Waals surface area contributed by atoms with Gasteiger partial charge < -0.3 is 9.84 Å². The van der Waals surface area contributed by atoms with Gasteiger partial charge in [0.15, 0.2) is 6.10 Å². The molecule has 0 saturated carbocycles. The first kappa shape index (κ1) is 9.06. The summed E-state index contributed by atoms with van der Waals surface area (Å²) in [6, 6.07) is 7.59. The van der Waals surface area contributed by atoms with E-state index < -0.39 is 12.1 Å². The van der Waals surface area contributed by atoms with E-state index in [0.717, 1.165) is 12.0 Å². The fourth-order valence-corrected chi connectivity index (χ4v) is 1.79. The molecule has 3 heteroatoms. The quantitative estimate of drug-likeness (QED) is 0.736. The number of ether oxygens (including phenoxy) is 1. The number of benzene rings is 1. The maximum absolute atomic E-state index is 10.8. The summed E-state index contributed by atoms with van der Waals surface area (Å²) in [6.45, 7) is 1.90. The van der Waals surface area contributed by atoms with Crippen molar-refractivity contribution in [2.75, 3.05) is 0 Å². The zero-order valence-electron chi connectivity index (χ0n) is 7.93. The van der Waals surface area contributed by atoms with Gasteiger partial charge in [-0.25, -0.2) is 4.79 Å². The number of hydrogen-bond acceptors (Lipinski definition) is 2. The highest BCUT2D eigenvalue weighted by Crippen LogP contribution is 2.30. The van der Waals surface area contributed by atoms with E-state index in [-0.39, 0.29) is 5.92 Å². The Labute approximate surface area is 82.3 Å². The average Bonchev–Trinajstić information content (AvgIpc) is 2.16. The molecule has 1 heterocycles. The van der Waals surface area contributed by atoms with E-state index in [1.165, 1.54) is 0 Å². The van der Waals surface area contributed by atoms with Crippen LogP contribution in [0.5, 0.6) is 5.75 Å². The molecule has 0 amide bonds. The summed E-state index contributed by atoms with van der Waals surface area (Å²) in [5.41, 5.74) is 1.09. The van der Waals surface area contributed by atoms with E-state index in [4.69, 9.17) is 9.84 Å². The van der Waals surface area contributed by atoms with Crippen molar-refractivity contribution in [2.45, 2.75) is 19.4 Å². The summed E-state index contributed by atoms with van der Waals surface area (Å²) in [6.07, 6.45) is 0.0672. The molecule has 1 N–H and O–H groups in total. The summed E-state index contributed by atoms with van der Waals surface area (Å²) in [4.78, 5) is 10.8. The maximum Gasteiger partial charge on any atom is 0.345 e. The predicted octanol–water partition coefficient (Wildman–Crippen LogP) is 1.71. The van der Waals surface area contributed by atoms with Crippen molar-refractivity contribution >= 4 is 5.97 Å². The maximum atomic E-state index is 10.8. The average molecular weight is 192 g/mol. The van der Waals surface area contributed by atoms with Crippen molar-refractivity contribution in [2.24, 2.45) is 5.92 Å². The van der Waals surface area contributed by atoms with Crippen LogP contribution < -0.4 is 4.74 Å². The standard InChI is InChI=1S/C11H12O3/c1-7-6-8-4-2-3-5-9(8)14-10(7)11(12)13/h2-5,7,10H,6H2,1H3,(H,12,13)/t7-,10?/m1/s1. The van der Waals surface area contributed by atoms with Crippen LogP contribution in [0.3, 0.4) is 0 Å². The van der Waals surface area contributed by atoms with Crippen molar-refractivity contribution in [3.05, 3.63) is 29.8 Å². The van der Waals surface area contributed by atoms with E-state index in [1.54, 1.807) is 0 Å². The first-order valence-electron chi connectivity index (χ1n) is 4.66. The third kappa shape index (κ3) is 1.45. The first-order chi connectivity index (χ1) is 6.68. The van der Waals surface area contributed by atoms with Crippen LogP contribution in [0.4, 0.5) is 0 Å². The van der Waals surface area contributed by atoms with Gasteiger partial charge in [-0.05, 0) is 18.1 Å². The number of carbonyl (C=O) groups is 1. The molecule has 74 valence electrons. The molecule has 2 atom stereocenters. The molecule has 1 aliphatic rings. The molecule has 0 aromatic heterocycles. The molecular formula is C11H12O3. The summed E-state index contributed by atoms with van der Waals surface area (Å²) in [5.74, 6) is -0.146.